The normalized spacial score (nSPS) is 15.4. The number of para-hydroxylation sites is 1. The average Bonchev–Trinajstić information content (AvgIpc) is 3.19. The predicted molar refractivity (Wildman–Crippen MR) is 139 cm³/mol. The van der Waals surface area contributed by atoms with Gasteiger partial charge in [-0.2, -0.15) is 8.78 Å². The summed E-state index contributed by atoms with van der Waals surface area (Å²) in [6, 6.07) is 13.2. The van der Waals surface area contributed by atoms with Gasteiger partial charge in [0.05, 0.1) is 29.0 Å². The SMILES string of the molecule is CCN(CC)c1ccc([C@H]2C(C(=O)OC)=C(C)N=c3s/c(=C/c4ccccc4OC(F)F)c(=O)n32)cc1. The van der Waals surface area contributed by atoms with Crippen LogP contribution in [0.15, 0.2) is 69.6 Å². The van der Waals surface area contributed by atoms with Crippen molar-refractivity contribution < 1.29 is 23.0 Å². The van der Waals surface area contributed by atoms with E-state index in [0.717, 1.165) is 35.7 Å². The Morgan fingerprint density at radius 1 is 1.16 bits per heavy atom. The summed E-state index contributed by atoms with van der Waals surface area (Å²) in [6.07, 6.45) is 1.50. The molecule has 3 aromatic rings. The first-order chi connectivity index (χ1) is 17.8. The number of ether oxygens (including phenoxy) is 2. The van der Waals surface area contributed by atoms with Crippen LogP contribution in [0.5, 0.6) is 5.75 Å². The van der Waals surface area contributed by atoms with Crippen molar-refractivity contribution >= 4 is 29.1 Å². The Kier molecular flexibility index (Phi) is 7.87. The summed E-state index contributed by atoms with van der Waals surface area (Å²) in [7, 11) is 1.29. The number of fused-ring (bicyclic) bond motifs is 1. The Bertz CT molecular complexity index is 1510. The third-order valence-electron chi connectivity index (χ3n) is 6.19. The van der Waals surface area contributed by atoms with Gasteiger partial charge in [0.1, 0.15) is 5.75 Å². The molecule has 0 aliphatic carbocycles. The molecular weight excluding hydrogens is 500 g/mol. The number of anilines is 1. The van der Waals surface area contributed by atoms with Crippen molar-refractivity contribution in [1.82, 2.24) is 4.57 Å². The molecule has 0 N–H and O–H groups in total. The first kappa shape index (κ1) is 26.3. The van der Waals surface area contributed by atoms with Crippen molar-refractivity contribution in [1.29, 1.82) is 0 Å². The van der Waals surface area contributed by atoms with Crippen molar-refractivity contribution in [3.05, 3.63) is 90.6 Å². The first-order valence-corrected chi connectivity index (χ1v) is 12.6. The minimum atomic E-state index is -3.00. The molecule has 0 saturated carbocycles. The topological polar surface area (TPSA) is 73.1 Å². The van der Waals surface area contributed by atoms with Crippen LogP contribution in [0.3, 0.4) is 0 Å². The molecule has 1 aliphatic heterocycles. The van der Waals surface area contributed by atoms with E-state index in [1.165, 1.54) is 23.8 Å². The summed E-state index contributed by atoms with van der Waals surface area (Å²) in [5.41, 5.74) is 2.38. The van der Waals surface area contributed by atoms with Crippen molar-refractivity contribution in [2.75, 3.05) is 25.1 Å². The minimum Gasteiger partial charge on any atom is -0.466 e. The van der Waals surface area contributed by atoms with Crippen molar-refractivity contribution in [2.45, 2.75) is 33.4 Å². The summed E-state index contributed by atoms with van der Waals surface area (Å²) < 4.78 is 37.2. The number of hydrogen-bond acceptors (Lipinski definition) is 7. The standard InChI is InChI=1S/C27H27F2N3O4S/c1-5-31(6-2)19-13-11-17(12-14-19)23-22(25(34)35-4)16(3)30-27-32(23)24(33)21(37-27)15-18-9-7-8-10-20(18)36-26(28)29/h7-15,23,26H,5-6H2,1-4H3/b21-15+/t23-/m0/s1. The number of allylic oxidation sites excluding steroid dienone is 1. The molecule has 1 atom stereocenters. The number of methoxy groups -OCH3 is 1. The molecule has 2 aromatic carbocycles. The van der Waals surface area contributed by atoms with E-state index in [0.29, 0.717) is 16.1 Å². The average molecular weight is 528 g/mol. The Labute approximate surface area is 216 Å². The maximum atomic E-state index is 13.7. The van der Waals surface area contributed by atoms with Gasteiger partial charge in [0, 0.05) is 24.3 Å². The molecule has 0 saturated heterocycles. The number of esters is 1. The highest BCUT2D eigenvalue weighted by Gasteiger charge is 2.33. The van der Waals surface area contributed by atoms with Gasteiger partial charge in [-0.15, -0.1) is 0 Å². The summed E-state index contributed by atoms with van der Waals surface area (Å²) in [4.78, 5) is 33.6. The monoisotopic (exact) mass is 527 g/mol. The van der Waals surface area contributed by atoms with Gasteiger partial charge in [-0.05, 0) is 50.6 Å². The summed E-state index contributed by atoms with van der Waals surface area (Å²) in [5, 5.41) is 0. The van der Waals surface area contributed by atoms with Gasteiger partial charge in [-0.25, -0.2) is 9.79 Å². The summed E-state index contributed by atoms with van der Waals surface area (Å²) in [5.74, 6) is -0.623. The lowest BCUT2D eigenvalue weighted by molar-refractivity contribution is -0.136. The number of rotatable bonds is 8. The van der Waals surface area contributed by atoms with Crippen molar-refractivity contribution in [3.63, 3.8) is 0 Å². The number of carbonyl (C=O) groups excluding carboxylic acids is 1. The first-order valence-electron chi connectivity index (χ1n) is 11.8. The van der Waals surface area contributed by atoms with Gasteiger partial charge in [0.2, 0.25) is 0 Å². The van der Waals surface area contributed by atoms with Crippen LogP contribution in [0, 0.1) is 0 Å². The number of halogens is 2. The fraction of sp³-hybridized carbons (Fsp3) is 0.296. The second-order valence-corrected chi connectivity index (χ2v) is 9.26. The third kappa shape index (κ3) is 5.20. The van der Waals surface area contributed by atoms with E-state index in [-0.39, 0.29) is 15.9 Å². The second kappa shape index (κ2) is 11.1. The second-order valence-electron chi connectivity index (χ2n) is 8.25. The molecule has 0 radical (unpaired) electrons. The predicted octanol–water partition coefficient (Wildman–Crippen LogP) is 3.86. The van der Waals surface area contributed by atoms with E-state index in [2.05, 4.69) is 28.5 Å². The summed E-state index contributed by atoms with van der Waals surface area (Å²) >= 11 is 1.11. The van der Waals surface area contributed by atoms with Crippen LogP contribution in [0.2, 0.25) is 0 Å². The largest absolute Gasteiger partial charge is 0.466 e. The van der Waals surface area contributed by atoms with Crippen LogP contribution in [0.25, 0.3) is 6.08 Å². The lowest BCUT2D eigenvalue weighted by atomic mass is 9.95. The fourth-order valence-electron chi connectivity index (χ4n) is 4.41. The van der Waals surface area contributed by atoms with Crippen LogP contribution in [0.4, 0.5) is 14.5 Å². The lowest BCUT2D eigenvalue weighted by Gasteiger charge is -2.26. The zero-order valence-corrected chi connectivity index (χ0v) is 21.7. The molecule has 194 valence electrons. The van der Waals surface area contributed by atoms with E-state index in [1.54, 1.807) is 25.1 Å². The van der Waals surface area contributed by atoms with Crippen LogP contribution >= 0.6 is 11.3 Å². The van der Waals surface area contributed by atoms with Crippen LogP contribution < -0.4 is 24.5 Å². The number of benzene rings is 2. The Balaban J connectivity index is 1.90. The van der Waals surface area contributed by atoms with E-state index >= 15 is 0 Å². The van der Waals surface area contributed by atoms with Gasteiger partial charge < -0.3 is 14.4 Å². The molecule has 4 rings (SSSR count). The molecule has 37 heavy (non-hydrogen) atoms. The van der Waals surface area contributed by atoms with Crippen molar-refractivity contribution in [2.24, 2.45) is 4.99 Å². The Hall–Kier alpha value is -3.79. The highest BCUT2D eigenvalue weighted by Crippen LogP contribution is 2.31. The minimum absolute atomic E-state index is 0.0432. The summed E-state index contributed by atoms with van der Waals surface area (Å²) in [6.45, 7) is 4.53. The van der Waals surface area contributed by atoms with Gasteiger partial charge in [0.15, 0.2) is 4.80 Å². The maximum absolute atomic E-state index is 13.7. The van der Waals surface area contributed by atoms with E-state index in [1.807, 2.05) is 24.3 Å². The molecule has 10 heteroatoms. The molecule has 0 amide bonds. The number of hydrogen-bond donors (Lipinski definition) is 0. The molecule has 0 fully saturated rings. The number of alkyl halides is 2. The third-order valence-corrected chi connectivity index (χ3v) is 7.17. The van der Waals surface area contributed by atoms with E-state index < -0.39 is 24.2 Å². The van der Waals surface area contributed by atoms with Crippen LogP contribution in [-0.2, 0) is 9.53 Å². The van der Waals surface area contributed by atoms with Crippen LogP contribution in [-0.4, -0.2) is 37.3 Å². The number of aromatic nitrogens is 1. The van der Waals surface area contributed by atoms with Crippen molar-refractivity contribution in [3.8, 4) is 5.75 Å². The zero-order chi connectivity index (χ0) is 26.7. The molecule has 0 spiro atoms. The molecule has 0 bridgehead atoms. The Morgan fingerprint density at radius 3 is 2.46 bits per heavy atom. The maximum Gasteiger partial charge on any atom is 0.387 e. The quantitative estimate of drug-likeness (QED) is 0.416. The van der Waals surface area contributed by atoms with Gasteiger partial charge in [-0.3, -0.25) is 9.36 Å². The number of thiazole rings is 1. The van der Waals surface area contributed by atoms with Crippen LogP contribution in [0.1, 0.15) is 37.9 Å². The molecular formula is C27H27F2N3O4S. The highest BCUT2D eigenvalue weighted by molar-refractivity contribution is 7.07. The molecule has 7 nitrogen and oxygen atoms in total. The zero-order valence-electron chi connectivity index (χ0n) is 20.9. The number of nitrogens with zero attached hydrogens (tertiary/aromatic N) is 3. The number of carbonyl (C=O) groups is 1. The molecule has 1 aliphatic rings. The highest BCUT2D eigenvalue weighted by atomic mass is 32.1. The van der Waals surface area contributed by atoms with E-state index in [9.17, 15) is 18.4 Å². The smallest absolute Gasteiger partial charge is 0.387 e. The molecule has 2 heterocycles. The lowest BCUT2D eigenvalue weighted by Crippen LogP contribution is -2.39. The Morgan fingerprint density at radius 2 is 1.84 bits per heavy atom. The molecule has 1 aromatic heterocycles. The van der Waals surface area contributed by atoms with E-state index in [4.69, 9.17) is 4.74 Å². The van der Waals surface area contributed by atoms with Gasteiger partial charge in [-0.1, -0.05) is 41.7 Å². The van der Waals surface area contributed by atoms with Gasteiger partial charge in [0.25, 0.3) is 5.56 Å². The molecule has 0 unspecified atom stereocenters. The van der Waals surface area contributed by atoms with Gasteiger partial charge >= 0.3 is 12.6 Å². The fourth-order valence-corrected chi connectivity index (χ4v) is 5.45.